The highest BCUT2D eigenvalue weighted by Crippen LogP contribution is 2.50. The van der Waals surface area contributed by atoms with Gasteiger partial charge in [-0.1, -0.05) is 25.7 Å². The molecule has 1 aliphatic heterocycles. The van der Waals surface area contributed by atoms with Crippen molar-refractivity contribution in [2.75, 3.05) is 0 Å². The lowest BCUT2D eigenvalue weighted by atomic mass is 9.65. The molecule has 0 unspecified atom stereocenters. The molecular weight excluding hydrogens is 218 g/mol. The molecule has 0 aromatic carbocycles. The molecule has 0 aromatic rings. The normalized spacial score (nSPS) is 33.0. The van der Waals surface area contributed by atoms with E-state index in [1.54, 1.807) is 0 Å². The average molecular weight is 249 g/mol. The van der Waals surface area contributed by atoms with Crippen molar-refractivity contribution in [3.63, 3.8) is 0 Å². The van der Waals surface area contributed by atoms with Crippen molar-refractivity contribution < 1.29 is 0 Å². The third kappa shape index (κ3) is 2.24. The van der Waals surface area contributed by atoms with Crippen LogP contribution in [0.4, 0.5) is 0 Å². The maximum Gasteiger partial charge on any atom is 0.0242 e. The summed E-state index contributed by atoms with van der Waals surface area (Å²) in [6.45, 7) is 4.87. The smallest absolute Gasteiger partial charge is 0.0242 e. The lowest BCUT2D eigenvalue weighted by molar-refractivity contribution is 0.0419. The van der Waals surface area contributed by atoms with E-state index in [-0.39, 0.29) is 0 Å². The molecule has 1 heteroatoms. The van der Waals surface area contributed by atoms with Crippen LogP contribution in [0.2, 0.25) is 0 Å². The standard InChI is InChI=1S/C17H31N/c1-16(2)12-7-13-17(18-16,14-8-3-4-9-14)15-10-5-6-11-15/h14-15,18H,3-13H2,1-2H3. The van der Waals surface area contributed by atoms with Crippen LogP contribution in [0.1, 0.15) is 84.5 Å². The second-order valence-corrected chi connectivity index (χ2v) is 7.87. The lowest BCUT2D eigenvalue weighted by Gasteiger charge is -2.53. The molecule has 2 saturated carbocycles. The van der Waals surface area contributed by atoms with E-state index in [0.29, 0.717) is 11.1 Å². The molecule has 104 valence electrons. The average Bonchev–Trinajstić information content (AvgIpc) is 3.02. The second-order valence-electron chi connectivity index (χ2n) is 7.87. The van der Waals surface area contributed by atoms with Crippen LogP contribution in [-0.2, 0) is 0 Å². The van der Waals surface area contributed by atoms with Crippen molar-refractivity contribution in [3.8, 4) is 0 Å². The molecule has 0 aromatic heterocycles. The largest absolute Gasteiger partial charge is 0.306 e. The zero-order valence-corrected chi connectivity index (χ0v) is 12.4. The Labute approximate surface area is 113 Å². The Bertz CT molecular complexity index is 266. The van der Waals surface area contributed by atoms with Crippen molar-refractivity contribution >= 4 is 0 Å². The minimum absolute atomic E-state index is 0.378. The second kappa shape index (κ2) is 4.81. The number of hydrogen-bond acceptors (Lipinski definition) is 1. The summed E-state index contributed by atoms with van der Waals surface area (Å²) in [4.78, 5) is 0. The van der Waals surface area contributed by atoms with Crippen LogP contribution in [-0.4, -0.2) is 11.1 Å². The van der Waals surface area contributed by atoms with Gasteiger partial charge in [0.15, 0.2) is 0 Å². The van der Waals surface area contributed by atoms with Crippen molar-refractivity contribution in [2.24, 2.45) is 11.8 Å². The summed E-state index contributed by atoms with van der Waals surface area (Å²) in [5.74, 6) is 1.97. The van der Waals surface area contributed by atoms with Gasteiger partial charge in [0.2, 0.25) is 0 Å². The van der Waals surface area contributed by atoms with E-state index in [4.69, 9.17) is 0 Å². The number of nitrogens with one attached hydrogen (secondary N) is 1. The van der Waals surface area contributed by atoms with Gasteiger partial charge in [-0.3, -0.25) is 0 Å². The highest BCUT2D eigenvalue weighted by Gasteiger charge is 2.50. The van der Waals surface area contributed by atoms with Crippen molar-refractivity contribution in [1.82, 2.24) is 5.32 Å². The topological polar surface area (TPSA) is 12.0 Å². The third-order valence-corrected chi connectivity index (χ3v) is 6.13. The van der Waals surface area contributed by atoms with Gasteiger partial charge < -0.3 is 5.32 Å². The van der Waals surface area contributed by atoms with E-state index in [9.17, 15) is 0 Å². The Morgan fingerprint density at radius 1 is 0.722 bits per heavy atom. The number of hydrogen-bond donors (Lipinski definition) is 1. The van der Waals surface area contributed by atoms with Gasteiger partial charge in [0.1, 0.15) is 0 Å². The van der Waals surface area contributed by atoms with Crippen LogP contribution < -0.4 is 5.32 Å². The van der Waals surface area contributed by atoms with Crippen LogP contribution >= 0.6 is 0 Å². The fraction of sp³-hybridized carbons (Fsp3) is 1.00. The van der Waals surface area contributed by atoms with Gasteiger partial charge in [0.05, 0.1) is 0 Å². The molecule has 1 N–H and O–H groups in total. The Morgan fingerprint density at radius 2 is 1.22 bits per heavy atom. The van der Waals surface area contributed by atoms with Gasteiger partial charge in [-0.25, -0.2) is 0 Å². The number of piperidine rings is 1. The highest BCUT2D eigenvalue weighted by atomic mass is 15.1. The first-order chi connectivity index (χ1) is 8.62. The minimum Gasteiger partial charge on any atom is -0.306 e. The Hall–Kier alpha value is -0.0400. The van der Waals surface area contributed by atoms with Crippen LogP contribution in [0.25, 0.3) is 0 Å². The minimum atomic E-state index is 0.378. The lowest BCUT2D eigenvalue weighted by Crippen LogP contribution is -2.64. The fourth-order valence-corrected chi connectivity index (χ4v) is 5.41. The van der Waals surface area contributed by atoms with Gasteiger partial charge in [0.25, 0.3) is 0 Å². The summed E-state index contributed by atoms with van der Waals surface area (Å²) < 4.78 is 0. The van der Waals surface area contributed by atoms with Crippen molar-refractivity contribution in [1.29, 1.82) is 0 Å². The highest BCUT2D eigenvalue weighted by molar-refractivity contribution is 5.08. The summed E-state index contributed by atoms with van der Waals surface area (Å²) in [6.07, 6.45) is 16.2. The Morgan fingerprint density at radius 3 is 1.67 bits per heavy atom. The molecule has 0 radical (unpaired) electrons. The zero-order valence-electron chi connectivity index (χ0n) is 12.4. The molecule has 0 spiro atoms. The fourth-order valence-electron chi connectivity index (χ4n) is 5.41. The van der Waals surface area contributed by atoms with E-state index >= 15 is 0 Å². The van der Waals surface area contributed by atoms with Gasteiger partial charge in [-0.15, -0.1) is 0 Å². The molecule has 0 bridgehead atoms. The van der Waals surface area contributed by atoms with E-state index in [1.807, 2.05) is 0 Å². The molecule has 3 fully saturated rings. The predicted octanol–water partition coefficient (Wildman–Crippen LogP) is 4.66. The van der Waals surface area contributed by atoms with Crippen LogP contribution in [0.5, 0.6) is 0 Å². The van der Waals surface area contributed by atoms with Crippen molar-refractivity contribution in [2.45, 2.75) is 95.6 Å². The number of rotatable bonds is 2. The molecule has 1 heterocycles. The van der Waals surface area contributed by atoms with Crippen LogP contribution in [0, 0.1) is 11.8 Å². The first-order valence-corrected chi connectivity index (χ1v) is 8.42. The van der Waals surface area contributed by atoms with Gasteiger partial charge in [-0.05, 0) is 70.6 Å². The third-order valence-electron chi connectivity index (χ3n) is 6.13. The van der Waals surface area contributed by atoms with Gasteiger partial charge >= 0.3 is 0 Å². The molecule has 3 rings (SSSR count). The maximum atomic E-state index is 4.19. The quantitative estimate of drug-likeness (QED) is 0.750. The van der Waals surface area contributed by atoms with Crippen molar-refractivity contribution in [3.05, 3.63) is 0 Å². The molecule has 3 aliphatic rings. The van der Waals surface area contributed by atoms with Crippen LogP contribution in [0.3, 0.4) is 0 Å². The molecule has 2 aliphatic carbocycles. The first kappa shape index (κ1) is 13.0. The monoisotopic (exact) mass is 249 g/mol. The van der Waals surface area contributed by atoms with Crippen LogP contribution in [0.15, 0.2) is 0 Å². The van der Waals surface area contributed by atoms with E-state index < -0.39 is 0 Å². The molecular formula is C17H31N. The summed E-state index contributed by atoms with van der Waals surface area (Å²) in [5, 5.41) is 4.19. The predicted molar refractivity (Wildman–Crippen MR) is 77.7 cm³/mol. The zero-order chi connectivity index (χ0) is 12.6. The molecule has 0 atom stereocenters. The summed E-state index contributed by atoms with van der Waals surface area (Å²) in [6, 6.07) is 0. The Balaban J connectivity index is 1.86. The molecule has 0 amide bonds. The van der Waals surface area contributed by atoms with E-state index in [1.165, 1.54) is 70.6 Å². The Kier molecular flexibility index (Phi) is 3.47. The summed E-state index contributed by atoms with van der Waals surface area (Å²) >= 11 is 0. The van der Waals surface area contributed by atoms with E-state index in [0.717, 1.165) is 11.8 Å². The van der Waals surface area contributed by atoms with Gasteiger partial charge in [-0.2, -0.15) is 0 Å². The SMILES string of the molecule is CC1(C)CCCC(C2CCCC2)(C2CCCC2)N1. The first-order valence-electron chi connectivity index (χ1n) is 8.42. The maximum absolute atomic E-state index is 4.19. The molecule has 1 nitrogen and oxygen atoms in total. The van der Waals surface area contributed by atoms with Gasteiger partial charge in [0, 0.05) is 11.1 Å². The molecule has 18 heavy (non-hydrogen) atoms. The summed E-state index contributed by atoms with van der Waals surface area (Å²) in [7, 11) is 0. The molecule has 1 saturated heterocycles. The van der Waals surface area contributed by atoms with E-state index in [2.05, 4.69) is 19.2 Å². The summed E-state index contributed by atoms with van der Waals surface area (Å²) in [5.41, 5.74) is 0.901.